The van der Waals surface area contributed by atoms with E-state index in [2.05, 4.69) is 27.3 Å². The Labute approximate surface area is 164 Å². The largest absolute Gasteiger partial charge is 0.376 e. The lowest BCUT2D eigenvalue weighted by molar-refractivity contribution is 0.0858. The molecule has 142 valence electrons. The number of nitrogens with zero attached hydrogens (tertiary/aromatic N) is 2. The average molecular weight is 384 g/mol. The molecule has 1 unspecified atom stereocenters. The van der Waals surface area contributed by atoms with Crippen LogP contribution in [0.1, 0.15) is 23.2 Å². The molecule has 5 nitrogen and oxygen atoms in total. The topological polar surface area (TPSA) is 54.5 Å². The Balaban J connectivity index is 1.37. The molecule has 3 heterocycles. The van der Waals surface area contributed by atoms with Crippen molar-refractivity contribution < 1.29 is 9.53 Å². The minimum Gasteiger partial charge on any atom is -0.376 e. The maximum absolute atomic E-state index is 12.3. The maximum atomic E-state index is 12.3. The van der Waals surface area contributed by atoms with E-state index in [1.165, 1.54) is 11.5 Å². The smallest absolute Gasteiger partial charge is 0.251 e. The summed E-state index contributed by atoms with van der Waals surface area (Å²) in [5, 5.41) is 2.96. The van der Waals surface area contributed by atoms with Crippen molar-refractivity contribution in [2.75, 3.05) is 42.6 Å². The summed E-state index contributed by atoms with van der Waals surface area (Å²) in [6, 6.07) is 11.9. The summed E-state index contributed by atoms with van der Waals surface area (Å²) in [6.45, 7) is 3.51. The Morgan fingerprint density at radius 2 is 1.93 bits per heavy atom. The first-order valence-electron chi connectivity index (χ1n) is 9.58. The molecule has 2 saturated heterocycles. The van der Waals surface area contributed by atoms with Gasteiger partial charge in [0.15, 0.2) is 0 Å². The fraction of sp³-hybridized carbons (Fsp3) is 0.429. The number of carbonyl (C=O) groups excluding carboxylic acids is 1. The van der Waals surface area contributed by atoms with Crippen LogP contribution in [0.25, 0.3) is 11.1 Å². The van der Waals surface area contributed by atoms with Crippen LogP contribution < -0.4 is 10.2 Å². The molecule has 6 heteroatoms. The molecule has 27 heavy (non-hydrogen) atoms. The van der Waals surface area contributed by atoms with E-state index in [0.29, 0.717) is 12.1 Å². The van der Waals surface area contributed by atoms with Crippen LogP contribution in [0, 0.1) is 0 Å². The highest BCUT2D eigenvalue weighted by Gasteiger charge is 2.17. The van der Waals surface area contributed by atoms with Gasteiger partial charge >= 0.3 is 0 Å². The van der Waals surface area contributed by atoms with Gasteiger partial charge in [-0.3, -0.25) is 4.79 Å². The van der Waals surface area contributed by atoms with E-state index in [-0.39, 0.29) is 12.0 Å². The number of anilines is 1. The molecule has 2 fully saturated rings. The van der Waals surface area contributed by atoms with Crippen LogP contribution in [0.4, 0.5) is 5.82 Å². The average Bonchev–Trinajstić information content (AvgIpc) is 3.27. The van der Waals surface area contributed by atoms with Gasteiger partial charge in [-0.2, -0.15) is 11.8 Å². The van der Waals surface area contributed by atoms with Crippen molar-refractivity contribution in [3.8, 4) is 11.1 Å². The van der Waals surface area contributed by atoms with Crippen molar-refractivity contribution in [2.45, 2.75) is 18.9 Å². The standard InChI is InChI=1S/C21H25N3O2S/c25-21(23-15-19-2-1-11-26-19)17-5-3-16(4-6-17)18-7-8-20(22-14-18)24-9-12-27-13-10-24/h3-8,14,19H,1-2,9-13,15H2,(H,23,25). The lowest BCUT2D eigenvalue weighted by Gasteiger charge is -2.27. The normalized spacial score (nSPS) is 19.9. The third-order valence-corrected chi connectivity index (χ3v) is 6.02. The second-order valence-corrected chi connectivity index (χ2v) is 8.15. The summed E-state index contributed by atoms with van der Waals surface area (Å²) in [4.78, 5) is 19.3. The highest BCUT2D eigenvalue weighted by atomic mass is 32.2. The zero-order valence-electron chi connectivity index (χ0n) is 15.4. The van der Waals surface area contributed by atoms with E-state index in [9.17, 15) is 4.79 Å². The van der Waals surface area contributed by atoms with Crippen molar-refractivity contribution in [1.29, 1.82) is 0 Å². The summed E-state index contributed by atoms with van der Waals surface area (Å²) in [6.07, 6.45) is 4.19. The first-order valence-corrected chi connectivity index (χ1v) is 10.7. The monoisotopic (exact) mass is 383 g/mol. The van der Waals surface area contributed by atoms with E-state index in [1.54, 1.807) is 0 Å². The molecule has 1 aromatic carbocycles. The van der Waals surface area contributed by atoms with E-state index in [1.807, 2.05) is 42.2 Å². The van der Waals surface area contributed by atoms with Crippen LogP contribution in [0.2, 0.25) is 0 Å². The van der Waals surface area contributed by atoms with Gasteiger partial charge in [-0.25, -0.2) is 4.98 Å². The number of nitrogens with one attached hydrogen (secondary N) is 1. The molecule has 0 spiro atoms. The molecule has 1 N–H and O–H groups in total. The van der Waals surface area contributed by atoms with Crippen molar-refractivity contribution in [3.63, 3.8) is 0 Å². The van der Waals surface area contributed by atoms with Gasteiger partial charge < -0.3 is 15.0 Å². The molecular formula is C21H25N3O2S. The number of aromatic nitrogens is 1. The number of thioether (sulfide) groups is 1. The molecule has 2 aliphatic heterocycles. The molecule has 2 aromatic rings. The first-order chi connectivity index (χ1) is 13.3. The molecular weight excluding hydrogens is 358 g/mol. The molecule has 0 aliphatic carbocycles. The van der Waals surface area contributed by atoms with Crippen LogP contribution in [0.5, 0.6) is 0 Å². The van der Waals surface area contributed by atoms with Crippen LogP contribution in [0.3, 0.4) is 0 Å². The Kier molecular flexibility index (Phi) is 5.94. The van der Waals surface area contributed by atoms with Gasteiger partial charge in [-0.05, 0) is 42.7 Å². The van der Waals surface area contributed by atoms with Crippen LogP contribution >= 0.6 is 11.8 Å². The SMILES string of the molecule is O=C(NCC1CCCO1)c1ccc(-c2ccc(N3CCSCC3)nc2)cc1. The summed E-state index contributed by atoms with van der Waals surface area (Å²) in [5.41, 5.74) is 2.81. The number of pyridine rings is 1. The second-order valence-electron chi connectivity index (χ2n) is 6.93. The minimum absolute atomic E-state index is 0.0477. The molecule has 1 atom stereocenters. The second kappa shape index (κ2) is 8.76. The van der Waals surface area contributed by atoms with Gasteiger partial charge in [0.05, 0.1) is 6.10 Å². The van der Waals surface area contributed by atoms with Gasteiger partial charge in [0, 0.05) is 55.1 Å². The predicted molar refractivity (Wildman–Crippen MR) is 111 cm³/mol. The third kappa shape index (κ3) is 4.62. The summed E-state index contributed by atoms with van der Waals surface area (Å²) < 4.78 is 5.54. The zero-order chi connectivity index (χ0) is 18.5. The predicted octanol–water partition coefficient (Wildman–Crippen LogP) is 3.21. The van der Waals surface area contributed by atoms with Crippen molar-refractivity contribution in [3.05, 3.63) is 48.2 Å². The Bertz CT molecular complexity index is 752. The van der Waals surface area contributed by atoms with E-state index < -0.39 is 0 Å². The van der Waals surface area contributed by atoms with Crippen LogP contribution in [-0.4, -0.2) is 54.7 Å². The van der Waals surface area contributed by atoms with E-state index in [4.69, 9.17) is 4.74 Å². The number of hydrogen-bond acceptors (Lipinski definition) is 5. The van der Waals surface area contributed by atoms with Gasteiger partial charge in [-0.15, -0.1) is 0 Å². The first kappa shape index (κ1) is 18.3. The van der Waals surface area contributed by atoms with Crippen molar-refractivity contribution in [2.24, 2.45) is 0 Å². The highest BCUT2D eigenvalue weighted by molar-refractivity contribution is 7.99. The molecule has 1 amide bonds. The van der Waals surface area contributed by atoms with Crippen molar-refractivity contribution >= 4 is 23.5 Å². The van der Waals surface area contributed by atoms with Crippen LogP contribution in [0.15, 0.2) is 42.6 Å². The van der Waals surface area contributed by atoms with Gasteiger partial charge in [0.25, 0.3) is 5.91 Å². The Hall–Kier alpha value is -2.05. The molecule has 4 rings (SSSR count). The maximum Gasteiger partial charge on any atom is 0.251 e. The fourth-order valence-electron chi connectivity index (χ4n) is 3.46. The zero-order valence-corrected chi connectivity index (χ0v) is 16.2. The third-order valence-electron chi connectivity index (χ3n) is 5.08. The number of carbonyl (C=O) groups is 1. The quantitative estimate of drug-likeness (QED) is 0.859. The summed E-state index contributed by atoms with van der Waals surface area (Å²) >= 11 is 2.00. The lowest BCUT2D eigenvalue weighted by Crippen LogP contribution is -2.32. The van der Waals surface area contributed by atoms with E-state index >= 15 is 0 Å². The number of hydrogen-bond donors (Lipinski definition) is 1. The molecule has 0 radical (unpaired) electrons. The van der Waals surface area contributed by atoms with Gasteiger partial charge in [0.2, 0.25) is 0 Å². The number of amides is 1. The van der Waals surface area contributed by atoms with E-state index in [0.717, 1.165) is 49.5 Å². The molecule has 0 saturated carbocycles. The van der Waals surface area contributed by atoms with Crippen molar-refractivity contribution in [1.82, 2.24) is 10.3 Å². The minimum atomic E-state index is -0.0477. The fourth-order valence-corrected chi connectivity index (χ4v) is 4.37. The van der Waals surface area contributed by atoms with Gasteiger partial charge in [-0.1, -0.05) is 12.1 Å². The number of ether oxygens (including phenoxy) is 1. The Morgan fingerprint density at radius 1 is 1.15 bits per heavy atom. The molecule has 2 aliphatic rings. The number of rotatable bonds is 5. The highest BCUT2D eigenvalue weighted by Crippen LogP contribution is 2.23. The van der Waals surface area contributed by atoms with Crippen LogP contribution in [-0.2, 0) is 4.74 Å². The lowest BCUT2D eigenvalue weighted by atomic mass is 10.1. The number of benzene rings is 1. The van der Waals surface area contributed by atoms with Gasteiger partial charge in [0.1, 0.15) is 5.82 Å². The summed E-state index contributed by atoms with van der Waals surface area (Å²) in [5.74, 6) is 3.33. The molecule has 0 bridgehead atoms. The summed E-state index contributed by atoms with van der Waals surface area (Å²) in [7, 11) is 0. The molecule has 1 aromatic heterocycles. The Morgan fingerprint density at radius 3 is 2.59 bits per heavy atom.